The zero-order valence-electron chi connectivity index (χ0n) is 13.9. The Morgan fingerprint density at radius 1 is 0.929 bits per heavy atom. The minimum atomic E-state index is -3.90. The second-order valence-electron chi connectivity index (χ2n) is 5.30. The lowest BCUT2D eigenvalue weighted by Gasteiger charge is -2.12. The number of guanidine groups is 1. The van der Waals surface area contributed by atoms with E-state index in [1.54, 1.807) is 0 Å². The number of benzene rings is 2. The molecule has 0 radical (unpaired) electrons. The van der Waals surface area contributed by atoms with Gasteiger partial charge in [-0.15, -0.1) is 4.40 Å². The number of hydrogen-bond donors (Lipinski definition) is 2. The molecule has 0 amide bonds. The van der Waals surface area contributed by atoms with Crippen molar-refractivity contribution in [3.63, 3.8) is 0 Å². The summed E-state index contributed by atoms with van der Waals surface area (Å²) < 4.78 is 26.6. The van der Waals surface area contributed by atoms with E-state index in [4.69, 9.17) is 23.2 Å². The first kappa shape index (κ1) is 21.3. The molecular weight excluding hydrogens is 437 g/mol. The first-order chi connectivity index (χ1) is 12.9. The van der Waals surface area contributed by atoms with Gasteiger partial charge in [0.1, 0.15) is 0 Å². The highest BCUT2D eigenvalue weighted by molar-refractivity contribution is 7.89. The highest BCUT2D eigenvalue weighted by Gasteiger charge is 2.18. The Kier molecular flexibility index (Phi) is 6.38. The first-order valence-electron chi connectivity index (χ1n) is 7.17. The van der Waals surface area contributed by atoms with E-state index in [2.05, 4.69) is 15.0 Å². The summed E-state index contributed by atoms with van der Waals surface area (Å²) in [6.45, 7) is 0. The minimum absolute atomic E-state index is 0.129. The van der Waals surface area contributed by atoms with Gasteiger partial charge in [0.25, 0.3) is 21.4 Å². The van der Waals surface area contributed by atoms with Crippen molar-refractivity contribution < 1.29 is 18.3 Å². The molecule has 2 N–H and O–H groups in total. The van der Waals surface area contributed by atoms with Gasteiger partial charge in [0, 0.05) is 17.8 Å². The molecule has 28 heavy (non-hydrogen) atoms. The predicted molar refractivity (Wildman–Crippen MR) is 106 cm³/mol. The Balaban J connectivity index is 2.46. The van der Waals surface area contributed by atoms with Gasteiger partial charge in [-0.25, -0.2) is 8.42 Å². The van der Waals surface area contributed by atoms with Crippen LogP contribution in [-0.2, 0) is 10.0 Å². The third-order valence-electron chi connectivity index (χ3n) is 3.03. The van der Waals surface area contributed by atoms with Crippen LogP contribution in [0.4, 0.5) is 22.7 Å². The van der Waals surface area contributed by atoms with Crippen LogP contribution < -0.4 is 10.6 Å². The highest BCUT2D eigenvalue weighted by atomic mass is 35.5. The van der Waals surface area contributed by atoms with Crippen LogP contribution in [0.1, 0.15) is 0 Å². The third kappa shape index (κ3) is 6.04. The van der Waals surface area contributed by atoms with Gasteiger partial charge >= 0.3 is 0 Å². The normalized spacial score (nSPS) is 11.8. The Morgan fingerprint density at radius 3 is 1.93 bits per heavy atom. The Hall–Kier alpha value is -2.96. The summed E-state index contributed by atoms with van der Waals surface area (Å²) in [4.78, 5) is 20.3. The number of rotatable bonds is 5. The lowest BCUT2D eigenvalue weighted by molar-refractivity contribution is -0.394. The zero-order chi connectivity index (χ0) is 21.1. The Morgan fingerprint density at radius 2 is 1.46 bits per heavy atom. The summed E-state index contributed by atoms with van der Waals surface area (Å²) in [7, 11) is -3.90. The van der Waals surface area contributed by atoms with Gasteiger partial charge in [0.2, 0.25) is 5.96 Å². The number of halogens is 2. The van der Waals surface area contributed by atoms with Crippen LogP contribution >= 0.6 is 23.2 Å². The number of nitro groups is 2. The summed E-state index contributed by atoms with van der Waals surface area (Å²) in [5.74, 6) is -0.365. The van der Waals surface area contributed by atoms with Crippen LogP contribution in [0.25, 0.3) is 0 Å². The molecule has 2 rings (SSSR count). The van der Waals surface area contributed by atoms with E-state index in [1.807, 2.05) is 0 Å². The predicted octanol–water partition coefficient (Wildman–Crippen LogP) is 3.65. The molecule has 2 aromatic carbocycles. The fourth-order valence-electron chi connectivity index (χ4n) is 1.97. The summed E-state index contributed by atoms with van der Waals surface area (Å²) in [6.07, 6.45) is 0.821. The van der Waals surface area contributed by atoms with Gasteiger partial charge in [-0.1, -0.05) is 23.2 Å². The molecule has 0 aromatic heterocycles. The molecule has 0 bridgehead atoms. The molecule has 0 aliphatic carbocycles. The fourth-order valence-corrected chi connectivity index (χ4v) is 2.69. The zero-order valence-corrected chi connectivity index (χ0v) is 16.2. The van der Waals surface area contributed by atoms with E-state index >= 15 is 0 Å². The van der Waals surface area contributed by atoms with Gasteiger partial charge < -0.3 is 10.6 Å². The van der Waals surface area contributed by atoms with Crippen molar-refractivity contribution in [1.29, 1.82) is 0 Å². The lowest BCUT2D eigenvalue weighted by Crippen LogP contribution is -2.23. The average Bonchev–Trinajstić information content (AvgIpc) is 2.56. The van der Waals surface area contributed by atoms with Crippen LogP contribution in [0.5, 0.6) is 0 Å². The molecule has 148 valence electrons. The van der Waals surface area contributed by atoms with Gasteiger partial charge in [-0.3, -0.25) is 20.2 Å². The smallest absolute Gasteiger partial charge is 0.278 e. The molecule has 0 spiro atoms. The van der Waals surface area contributed by atoms with Crippen molar-refractivity contribution in [2.45, 2.75) is 0 Å². The van der Waals surface area contributed by atoms with Crippen molar-refractivity contribution >= 4 is 61.9 Å². The van der Waals surface area contributed by atoms with E-state index in [-0.39, 0.29) is 21.7 Å². The van der Waals surface area contributed by atoms with E-state index in [0.29, 0.717) is 5.69 Å². The number of nitrogens with zero attached hydrogens (tertiary/aromatic N) is 3. The molecule has 11 nitrogen and oxygen atoms in total. The summed E-state index contributed by atoms with van der Waals surface area (Å²) in [5.41, 5.74) is -0.963. The molecular formula is C14H11Cl2N5O6S. The van der Waals surface area contributed by atoms with Gasteiger partial charge in [-0.05, 0) is 18.2 Å². The lowest BCUT2D eigenvalue weighted by atomic mass is 10.2. The molecule has 2 aromatic rings. The summed E-state index contributed by atoms with van der Waals surface area (Å²) in [5, 5.41) is 27.5. The molecule has 0 atom stereocenters. The molecule has 0 heterocycles. The number of nitro benzene ring substituents is 2. The van der Waals surface area contributed by atoms with E-state index in [1.165, 1.54) is 18.2 Å². The SMILES string of the molecule is CS(=O)(=O)N=C(Nc1cc([N+](=O)[O-])cc([N+](=O)[O-])c1)Nc1ccc(Cl)c(Cl)c1. The monoisotopic (exact) mass is 447 g/mol. The summed E-state index contributed by atoms with van der Waals surface area (Å²) >= 11 is 11.7. The van der Waals surface area contributed by atoms with Crippen LogP contribution in [0.3, 0.4) is 0 Å². The molecule has 0 saturated carbocycles. The number of hydrogen-bond acceptors (Lipinski definition) is 6. The van der Waals surface area contributed by atoms with Crippen molar-refractivity contribution in [3.8, 4) is 0 Å². The largest absolute Gasteiger partial charge is 0.325 e. The van der Waals surface area contributed by atoms with Crippen molar-refractivity contribution in [2.24, 2.45) is 4.40 Å². The number of nitrogens with one attached hydrogen (secondary N) is 2. The van der Waals surface area contributed by atoms with E-state index < -0.39 is 31.2 Å². The van der Waals surface area contributed by atoms with Crippen molar-refractivity contribution in [3.05, 3.63) is 66.7 Å². The fraction of sp³-hybridized carbons (Fsp3) is 0.0714. The maximum Gasteiger partial charge on any atom is 0.278 e. The molecule has 0 unspecified atom stereocenters. The number of non-ortho nitro benzene ring substituents is 2. The van der Waals surface area contributed by atoms with Crippen LogP contribution in [0.2, 0.25) is 10.0 Å². The van der Waals surface area contributed by atoms with Crippen LogP contribution in [-0.4, -0.2) is 30.5 Å². The second kappa shape index (κ2) is 8.37. The molecule has 0 saturated heterocycles. The van der Waals surface area contributed by atoms with Crippen LogP contribution in [0.15, 0.2) is 40.8 Å². The molecule has 0 fully saturated rings. The maximum atomic E-state index is 11.6. The van der Waals surface area contributed by atoms with Gasteiger partial charge in [0.15, 0.2) is 0 Å². The Bertz CT molecular complexity index is 1060. The minimum Gasteiger partial charge on any atom is -0.325 e. The quantitative estimate of drug-likeness (QED) is 0.304. The van der Waals surface area contributed by atoms with Crippen molar-refractivity contribution in [2.75, 3.05) is 16.9 Å². The van der Waals surface area contributed by atoms with Crippen molar-refractivity contribution in [1.82, 2.24) is 0 Å². The highest BCUT2D eigenvalue weighted by Crippen LogP contribution is 2.27. The molecule has 0 aliphatic heterocycles. The van der Waals surface area contributed by atoms with E-state index in [0.717, 1.165) is 24.5 Å². The third-order valence-corrected chi connectivity index (χ3v) is 4.28. The maximum absolute atomic E-state index is 11.6. The number of anilines is 2. The second-order valence-corrected chi connectivity index (χ2v) is 7.77. The number of sulfonamides is 1. The average molecular weight is 448 g/mol. The first-order valence-corrected chi connectivity index (χ1v) is 9.78. The van der Waals surface area contributed by atoms with Gasteiger partial charge in [-0.2, -0.15) is 0 Å². The molecule has 14 heteroatoms. The standard InChI is InChI=1S/C14H11Cl2N5O6S/c1-28(26,27)19-14(17-8-2-3-12(15)13(16)6-8)18-9-4-10(20(22)23)7-11(5-9)21(24)25/h2-7H,1H3,(H2,17,18,19). The van der Waals surface area contributed by atoms with Crippen LogP contribution in [0, 0.1) is 20.2 Å². The Labute approximate surface area is 168 Å². The topological polar surface area (TPSA) is 157 Å². The summed E-state index contributed by atoms with van der Waals surface area (Å²) in [6, 6.07) is 7.05. The molecule has 0 aliphatic rings. The van der Waals surface area contributed by atoms with E-state index in [9.17, 15) is 28.6 Å². The van der Waals surface area contributed by atoms with Gasteiger partial charge in [0.05, 0.1) is 37.9 Å².